The number of methoxy groups -OCH3 is 1. The molecule has 0 spiro atoms. The van der Waals surface area contributed by atoms with Crippen LogP contribution in [0.3, 0.4) is 0 Å². The molecule has 6 heteroatoms. The van der Waals surface area contributed by atoms with Gasteiger partial charge in [0.15, 0.2) is 10.8 Å². The Morgan fingerprint density at radius 2 is 2.35 bits per heavy atom. The standard InChI is InChI=1S/C14H16ClFN2OS/c1-9-3-4-10(15)12-11(9)17-13(20-12)18-6-5-14(16,7-18)8-19-2/h3-4H,5-8H2,1-2H3. The van der Waals surface area contributed by atoms with E-state index in [1.54, 1.807) is 0 Å². The van der Waals surface area contributed by atoms with Crippen molar-refractivity contribution in [2.75, 3.05) is 31.7 Å². The van der Waals surface area contributed by atoms with Crippen LogP contribution in [0.1, 0.15) is 12.0 Å². The van der Waals surface area contributed by atoms with Gasteiger partial charge in [0.25, 0.3) is 0 Å². The first-order chi connectivity index (χ1) is 9.52. The molecule has 3 rings (SSSR count). The molecule has 2 aromatic rings. The lowest BCUT2D eigenvalue weighted by Crippen LogP contribution is -2.33. The van der Waals surface area contributed by atoms with Gasteiger partial charge in [-0.15, -0.1) is 0 Å². The molecule has 0 N–H and O–H groups in total. The maximum atomic E-state index is 14.4. The van der Waals surface area contributed by atoms with Crippen LogP contribution in [-0.4, -0.2) is 37.5 Å². The molecule has 1 fully saturated rings. The molecular weight excluding hydrogens is 299 g/mol. The topological polar surface area (TPSA) is 25.4 Å². The highest BCUT2D eigenvalue weighted by Crippen LogP contribution is 2.38. The largest absolute Gasteiger partial charge is 0.381 e. The Kier molecular flexibility index (Phi) is 3.60. The van der Waals surface area contributed by atoms with E-state index >= 15 is 0 Å². The van der Waals surface area contributed by atoms with Gasteiger partial charge in [-0.25, -0.2) is 9.37 Å². The van der Waals surface area contributed by atoms with Crippen molar-refractivity contribution >= 4 is 38.3 Å². The first kappa shape index (κ1) is 14.0. The van der Waals surface area contributed by atoms with E-state index in [0.717, 1.165) is 20.9 Å². The summed E-state index contributed by atoms with van der Waals surface area (Å²) in [6.07, 6.45) is 0.476. The first-order valence-corrected chi connectivity index (χ1v) is 7.70. The number of alkyl halides is 1. The SMILES string of the molecule is COCC1(F)CCN(c2nc3c(C)ccc(Cl)c3s2)C1. The molecule has 1 unspecified atom stereocenters. The van der Waals surface area contributed by atoms with Gasteiger partial charge in [-0.05, 0) is 18.6 Å². The van der Waals surface area contributed by atoms with Crippen LogP contribution in [0.5, 0.6) is 0 Å². The molecule has 1 atom stereocenters. The van der Waals surface area contributed by atoms with Gasteiger partial charge in [-0.2, -0.15) is 0 Å². The summed E-state index contributed by atoms with van der Waals surface area (Å²) in [6.45, 7) is 3.14. The Labute approximate surface area is 126 Å². The highest BCUT2D eigenvalue weighted by Gasteiger charge is 2.39. The quantitative estimate of drug-likeness (QED) is 0.861. The predicted octanol–water partition coefficient (Wildman–Crippen LogP) is 3.82. The molecule has 20 heavy (non-hydrogen) atoms. The highest BCUT2D eigenvalue weighted by atomic mass is 35.5. The third-order valence-corrected chi connectivity index (χ3v) is 5.24. The van der Waals surface area contributed by atoms with Crippen LogP contribution in [0, 0.1) is 6.92 Å². The van der Waals surface area contributed by atoms with Gasteiger partial charge in [0.05, 0.1) is 28.4 Å². The number of hydrogen-bond donors (Lipinski definition) is 0. The molecule has 0 bridgehead atoms. The Hall–Kier alpha value is -0.910. The molecule has 0 aliphatic carbocycles. The van der Waals surface area contributed by atoms with Crippen molar-refractivity contribution in [3.63, 3.8) is 0 Å². The van der Waals surface area contributed by atoms with Crippen molar-refractivity contribution < 1.29 is 9.13 Å². The Morgan fingerprint density at radius 1 is 1.55 bits per heavy atom. The molecule has 1 aromatic carbocycles. The molecule has 3 nitrogen and oxygen atoms in total. The van der Waals surface area contributed by atoms with E-state index in [-0.39, 0.29) is 6.61 Å². The van der Waals surface area contributed by atoms with Gasteiger partial charge < -0.3 is 9.64 Å². The van der Waals surface area contributed by atoms with Crippen molar-refractivity contribution in [3.05, 3.63) is 22.7 Å². The van der Waals surface area contributed by atoms with Gasteiger partial charge in [-0.3, -0.25) is 0 Å². The number of aromatic nitrogens is 1. The molecule has 2 heterocycles. The fraction of sp³-hybridized carbons (Fsp3) is 0.500. The summed E-state index contributed by atoms with van der Waals surface area (Å²) in [7, 11) is 1.53. The predicted molar refractivity (Wildman–Crippen MR) is 81.9 cm³/mol. The summed E-state index contributed by atoms with van der Waals surface area (Å²) in [4.78, 5) is 6.62. The van der Waals surface area contributed by atoms with E-state index in [1.165, 1.54) is 18.4 Å². The maximum absolute atomic E-state index is 14.4. The number of hydrogen-bond acceptors (Lipinski definition) is 4. The van der Waals surface area contributed by atoms with E-state index in [0.29, 0.717) is 24.5 Å². The molecule has 1 aliphatic rings. The van der Waals surface area contributed by atoms with E-state index < -0.39 is 5.67 Å². The van der Waals surface area contributed by atoms with Crippen molar-refractivity contribution in [1.29, 1.82) is 0 Å². The van der Waals surface area contributed by atoms with Crippen LogP contribution in [0.15, 0.2) is 12.1 Å². The molecule has 0 radical (unpaired) electrons. The average Bonchev–Trinajstić information content (AvgIpc) is 2.99. The number of aryl methyl sites for hydroxylation is 1. The van der Waals surface area contributed by atoms with Crippen LogP contribution in [0.4, 0.5) is 9.52 Å². The molecule has 1 aliphatic heterocycles. The number of ether oxygens (including phenoxy) is 1. The first-order valence-electron chi connectivity index (χ1n) is 6.51. The monoisotopic (exact) mass is 314 g/mol. The minimum absolute atomic E-state index is 0.133. The zero-order valence-electron chi connectivity index (χ0n) is 11.4. The molecule has 108 valence electrons. The van der Waals surface area contributed by atoms with E-state index in [2.05, 4.69) is 4.98 Å². The molecular formula is C14H16ClFN2OS. The third kappa shape index (κ3) is 2.38. The van der Waals surface area contributed by atoms with Gasteiger partial charge >= 0.3 is 0 Å². The second-order valence-corrected chi connectivity index (χ2v) is 6.68. The van der Waals surface area contributed by atoms with Gasteiger partial charge in [-0.1, -0.05) is 29.0 Å². The van der Waals surface area contributed by atoms with Crippen molar-refractivity contribution in [1.82, 2.24) is 4.98 Å². The lowest BCUT2D eigenvalue weighted by molar-refractivity contribution is 0.0571. The Bertz CT molecular complexity index is 608. The number of halogens is 2. The van der Waals surface area contributed by atoms with Crippen LogP contribution in [-0.2, 0) is 4.74 Å². The zero-order chi connectivity index (χ0) is 14.3. The summed E-state index contributed by atoms with van der Waals surface area (Å²) in [5.41, 5.74) is 0.737. The van der Waals surface area contributed by atoms with Crippen LogP contribution < -0.4 is 4.90 Å². The van der Waals surface area contributed by atoms with Gasteiger partial charge in [0.1, 0.15) is 0 Å². The van der Waals surface area contributed by atoms with Crippen molar-refractivity contribution in [2.45, 2.75) is 19.0 Å². The van der Waals surface area contributed by atoms with E-state index in [9.17, 15) is 4.39 Å². The normalized spacial score (nSPS) is 22.9. The highest BCUT2D eigenvalue weighted by molar-refractivity contribution is 7.22. The number of thiazole rings is 1. The molecule has 1 aromatic heterocycles. The minimum Gasteiger partial charge on any atom is -0.381 e. The van der Waals surface area contributed by atoms with Crippen LogP contribution in [0.2, 0.25) is 5.02 Å². The molecule has 1 saturated heterocycles. The lowest BCUT2D eigenvalue weighted by Gasteiger charge is -2.19. The smallest absolute Gasteiger partial charge is 0.186 e. The summed E-state index contributed by atoms with van der Waals surface area (Å²) in [5, 5.41) is 1.55. The number of fused-ring (bicyclic) bond motifs is 1. The number of rotatable bonds is 3. The van der Waals surface area contributed by atoms with Crippen molar-refractivity contribution in [2.24, 2.45) is 0 Å². The molecule has 0 saturated carbocycles. The fourth-order valence-electron chi connectivity index (χ4n) is 2.60. The maximum Gasteiger partial charge on any atom is 0.186 e. The van der Waals surface area contributed by atoms with Gasteiger partial charge in [0, 0.05) is 20.1 Å². The number of anilines is 1. The lowest BCUT2D eigenvalue weighted by atomic mass is 10.1. The Balaban J connectivity index is 1.92. The zero-order valence-corrected chi connectivity index (χ0v) is 13.0. The van der Waals surface area contributed by atoms with Gasteiger partial charge in [0.2, 0.25) is 0 Å². The fourth-order valence-corrected chi connectivity index (χ4v) is 3.94. The third-order valence-electron chi connectivity index (χ3n) is 3.66. The molecule has 0 amide bonds. The van der Waals surface area contributed by atoms with Crippen molar-refractivity contribution in [3.8, 4) is 0 Å². The summed E-state index contributed by atoms with van der Waals surface area (Å²) in [6, 6.07) is 3.85. The number of benzene rings is 1. The summed E-state index contributed by atoms with van der Waals surface area (Å²) in [5.74, 6) is 0. The average molecular weight is 315 g/mol. The van der Waals surface area contributed by atoms with E-state index in [1.807, 2.05) is 24.0 Å². The summed E-state index contributed by atoms with van der Waals surface area (Å²) < 4.78 is 20.4. The minimum atomic E-state index is -1.27. The second kappa shape index (κ2) is 5.13. The number of nitrogens with zero attached hydrogens (tertiary/aromatic N) is 2. The van der Waals surface area contributed by atoms with Crippen LogP contribution in [0.25, 0.3) is 10.2 Å². The summed E-state index contributed by atoms with van der Waals surface area (Å²) >= 11 is 7.74. The Morgan fingerprint density at radius 3 is 3.05 bits per heavy atom. The van der Waals surface area contributed by atoms with Crippen LogP contribution >= 0.6 is 22.9 Å². The second-order valence-electron chi connectivity index (χ2n) is 5.29. The van der Waals surface area contributed by atoms with E-state index in [4.69, 9.17) is 16.3 Å².